The maximum atomic E-state index is 5.06. The van der Waals surface area contributed by atoms with Gasteiger partial charge in [-0.05, 0) is 115 Å². The van der Waals surface area contributed by atoms with E-state index in [2.05, 4.69) is 117 Å². The third kappa shape index (κ3) is 3.91. The summed E-state index contributed by atoms with van der Waals surface area (Å²) in [6, 6.07) is 22.2. The van der Waals surface area contributed by atoms with E-state index in [1.807, 2.05) is 0 Å². The van der Waals surface area contributed by atoms with E-state index in [9.17, 15) is 0 Å². The minimum absolute atomic E-state index is 0.0966. The van der Waals surface area contributed by atoms with Crippen LogP contribution in [0.5, 0.6) is 0 Å². The Morgan fingerprint density at radius 2 is 1.40 bits per heavy atom. The van der Waals surface area contributed by atoms with E-state index in [-0.39, 0.29) is 5.41 Å². The summed E-state index contributed by atoms with van der Waals surface area (Å²) in [6.07, 6.45) is 5.27. The second-order valence-corrected chi connectivity index (χ2v) is 10.8. The summed E-state index contributed by atoms with van der Waals surface area (Å²) in [5.74, 6) is 0. The van der Waals surface area contributed by atoms with Gasteiger partial charge in [0.15, 0.2) is 0 Å². The van der Waals surface area contributed by atoms with Crippen molar-refractivity contribution in [2.45, 2.75) is 46.5 Å². The molecule has 0 unspecified atom stereocenters. The molecule has 4 aromatic rings. The molecule has 0 amide bonds. The molecule has 1 aliphatic heterocycles. The highest BCUT2D eigenvalue weighted by Gasteiger charge is 2.26. The number of hydrogen-bond donors (Lipinski definition) is 2. The van der Waals surface area contributed by atoms with E-state index < -0.39 is 0 Å². The summed E-state index contributed by atoms with van der Waals surface area (Å²) in [5.41, 5.74) is 15.4. The van der Waals surface area contributed by atoms with Crippen molar-refractivity contribution in [1.29, 1.82) is 0 Å². The van der Waals surface area contributed by atoms with Gasteiger partial charge in [-0.15, -0.1) is 0 Å². The van der Waals surface area contributed by atoms with Crippen molar-refractivity contribution in [2.75, 3.05) is 0 Å². The molecule has 0 saturated carbocycles. The first-order chi connectivity index (χ1) is 16.7. The fourth-order valence-corrected chi connectivity index (χ4v) is 5.73. The van der Waals surface area contributed by atoms with Crippen LogP contribution >= 0.6 is 0 Å². The summed E-state index contributed by atoms with van der Waals surface area (Å²) in [6.45, 7) is 11.2. The molecule has 1 aliphatic carbocycles. The van der Waals surface area contributed by atoms with Crippen LogP contribution < -0.4 is 0 Å². The molecule has 3 heteroatoms. The lowest BCUT2D eigenvalue weighted by atomic mass is 9.86. The Kier molecular flexibility index (Phi) is 4.86. The quantitative estimate of drug-likeness (QED) is 0.262. The van der Waals surface area contributed by atoms with Gasteiger partial charge in [0.05, 0.1) is 11.4 Å². The molecule has 0 fully saturated rings. The van der Waals surface area contributed by atoms with Crippen molar-refractivity contribution in [1.82, 2.24) is 15.0 Å². The zero-order valence-corrected chi connectivity index (χ0v) is 21.1. The van der Waals surface area contributed by atoms with Crippen LogP contribution in [0.3, 0.4) is 0 Å². The van der Waals surface area contributed by atoms with Gasteiger partial charge in [0.25, 0.3) is 0 Å². The predicted octanol–water partition coefficient (Wildman–Crippen LogP) is 8.20. The Balaban J connectivity index is 1.73. The van der Waals surface area contributed by atoms with Crippen LogP contribution in [0, 0.1) is 20.8 Å². The number of benzene rings is 1. The van der Waals surface area contributed by atoms with Crippen molar-refractivity contribution in [3.8, 4) is 11.1 Å². The number of aromatic amines is 2. The highest BCUT2D eigenvalue weighted by molar-refractivity contribution is 5.93. The summed E-state index contributed by atoms with van der Waals surface area (Å²) in [7, 11) is 0. The van der Waals surface area contributed by atoms with Gasteiger partial charge in [0, 0.05) is 27.6 Å². The Labute approximate surface area is 206 Å². The lowest BCUT2D eigenvalue weighted by molar-refractivity contribution is 0.546. The Morgan fingerprint density at radius 1 is 0.714 bits per heavy atom. The molecule has 0 atom stereocenters. The molecule has 0 spiro atoms. The summed E-state index contributed by atoms with van der Waals surface area (Å²) < 4.78 is 0. The van der Waals surface area contributed by atoms with E-state index in [1.54, 1.807) is 0 Å². The zero-order valence-electron chi connectivity index (χ0n) is 21.1. The first-order valence-corrected chi connectivity index (χ1v) is 12.4. The smallest absolute Gasteiger partial charge is 0.0737 e. The van der Waals surface area contributed by atoms with Crippen molar-refractivity contribution < 1.29 is 0 Å². The number of rotatable bonds is 1. The maximum Gasteiger partial charge on any atom is 0.0737 e. The molecule has 3 aromatic heterocycles. The number of nitrogens with zero attached hydrogens (tertiary/aromatic N) is 1. The van der Waals surface area contributed by atoms with Gasteiger partial charge < -0.3 is 9.97 Å². The highest BCUT2D eigenvalue weighted by atomic mass is 14.8. The molecular weight excluding hydrogens is 426 g/mol. The first-order valence-electron chi connectivity index (χ1n) is 12.4. The van der Waals surface area contributed by atoms with Crippen LogP contribution in [0.1, 0.15) is 53.1 Å². The first kappa shape index (κ1) is 21.7. The number of fused-ring (bicyclic) bond motifs is 8. The van der Waals surface area contributed by atoms with Crippen LogP contribution in [0.25, 0.3) is 45.3 Å². The largest absolute Gasteiger partial charge is 0.355 e. The minimum atomic E-state index is 0.0966. The number of nitrogens with one attached hydrogen (secondary N) is 2. The Bertz CT molecular complexity index is 1650. The summed E-state index contributed by atoms with van der Waals surface area (Å²) >= 11 is 0. The third-order valence-electron chi connectivity index (χ3n) is 7.28. The standard InChI is InChI=1S/C32H31N3/c1-19-12-20(2)30(21(3)13-19)31-28-10-8-24(34-28)15-22-14-23(32(4,5)18-22)16-25-6-7-26(33-25)17-27-9-11-29(31)35-27/h6-17,33-34H,18H2,1-5H3. The van der Waals surface area contributed by atoms with Crippen LogP contribution in [-0.4, -0.2) is 15.0 Å². The van der Waals surface area contributed by atoms with Gasteiger partial charge in [0.2, 0.25) is 0 Å². The molecule has 0 saturated heterocycles. The van der Waals surface area contributed by atoms with Gasteiger partial charge in [-0.2, -0.15) is 0 Å². The highest BCUT2D eigenvalue weighted by Crippen LogP contribution is 2.36. The topological polar surface area (TPSA) is 44.5 Å². The van der Waals surface area contributed by atoms with E-state index in [4.69, 9.17) is 4.98 Å². The molecule has 174 valence electrons. The van der Waals surface area contributed by atoms with E-state index >= 15 is 0 Å². The molecule has 3 nitrogen and oxygen atoms in total. The van der Waals surface area contributed by atoms with Gasteiger partial charge in [-0.25, -0.2) is 4.98 Å². The Morgan fingerprint density at radius 3 is 2.17 bits per heavy atom. The molecule has 2 N–H and O–H groups in total. The number of aromatic nitrogens is 3. The van der Waals surface area contributed by atoms with E-state index in [1.165, 1.54) is 33.4 Å². The third-order valence-corrected chi connectivity index (χ3v) is 7.28. The van der Waals surface area contributed by atoms with E-state index in [0.717, 1.165) is 45.4 Å². The van der Waals surface area contributed by atoms with Crippen LogP contribution in [0.2, 0.25) is 0 Å². The lowest BCUT2D eigenvalue weighted by Crippen LogP contribution is -2.14. The normalized spacial score (nSPS) is 14.4. The van der Waals surface area contributed by atoms with Gasteiger partial charge >= 0.3 is 0 Å². The van der Waals surface area contributed by atoms with Crippen molar-refractivity contribution in [2.24, 2.45) is 0 Å². The van der Waals surface area contributed by atoms with Crippen molar-refractivity contribution in [3.63, 3.8) is 0 Å². The average Bonchev–Trinajstić information content (AvgIpc) is 3.55. The number of aryl methyl sites for hydroxylation is 3. The fraction of sp³-hybridized carbons (Fsp3) is 0.219. The fourth-order valence-electron chi connectivity index (χ4n) is 5.73. The molecule has 35 heavy (non-hydrogen) atoms. The number of hydrogen-bond acceptors (Lipinski definition) is 1. The lowest BCUT2D eigenvalue weighted by Gasteiger charge is -2.18. The zero-order chi connectivity index (χ0) is 24.3. The monoisotopic (exact) mass is 457 g/mol. The van der Waals surface area contributed by atoms with E-state index in [0.29, 0.717) is 0 Å². The average molecular weight is 458 g/mol. The predicted molar refractivity (Wildman–Crippen MR) is 149 cm³/mol. The van der Waals surface area contributed by atoms with Crippen LogP contribution in [0.4, 0.5) is 0 Å². The van der Waals surface area contributed by atoms with Crippen LogP contribution in [0.15, 0.2) is 60.7 Å². The van der Waals surface area contributed by atoms with Crippen molar-refractivity contribution >= 4 is 34.2 Å². The second kappa shape index (κ2) is 7.84. The molecular formula is C32H31N3. The van der Waals surface area contributed by atoms with Gasteiger partial charge in [-0.1, -0.05) is 37.6 Å². The van der Waals surface area contributed by atoms with Crippen LogP contribution in [-0.2, 0) is 11.8 Å². The summed E-state index contributed by atoms with van der Waals surface area (Å²) in [5, 5.41) is 0. The molecule has 4 heterocycles. The van der Waals surface area contributed by atoms with Gasteiger partial charge in [0.1, 0.15) is 0 Å². The SMILES string of the molecule is Cc1cc(C)c(-c2c3nc(cc4ccc(cc5cc(cc6ccc2[nH]6)CC5(C)C)[nH]4)C=C3)c(C)c1. The van der Waals surface area contributed by atoms with Gasteiger partial charge in [-0.3, -0.25) is 0 Å². The Hall–Kier alpha value is -3.85. The molecule has 2 aliphatic rings. The minimum Gasteiger partial charge on any atom is -0.355 e. The molecule has 6 rings (SSSR count). The summed E-state index contributed by atoms with van der Waals surface area (Å²) in [4.78, 5) is 12.3. The molecule has 0 radical (unpaired) electrons. The van der Waals surface area contributed by atoms with Crippen molar-refractivity contribution in [3.05, 3.63) is 99.9 Å². The maximum absolute atomic E-state index is 5.06. The second-order valence-electron chi connectivity index (χ2n) is 10.8. The molecule has 8 bridgehead atoms. The number of H-pyrrole nitrogens is 2. The molecule has 1 aromatic carbocycles.